The summed E-state index contributed by atoms with van der Waals surface area (Å²) in [6.07, 6.45) is -17.0. The van der Waals surface area contributed by atoms with Gasteiger partial charge in [-0.1, -0.05) is 5.59 Å². The monoisotopic (exact) mass is 406 g/mol. The van der Waals surface area contributed by atoms with Crippen molar-refractivity contribution in [2.75, 3.05) is 5.17 Å². The number of nitrogens with zero attached hydrogens (tertiary/aromatic N) is 1. The molecule has 1 N–H and O–H groups in total. The number of alkyl halides is 9. The van der Waals surface area contributed by atoms with Crippen molar-refractivity contribution in [2.24, 2.45) is 0 Å². The molecule has 1 fully saturated rings. The van der Waals surface area contributed by atoms with Gasteiger partial charge in [0.2, 0.25) is 0 Å². The highest BCUT2D eigenvalue weighted by Gasteiger charge is 2.48. The number of hydrazine groups is 1. The average molecular weight is 406 g/mol. The Morgan fingerprint density at radius 3 is 1.56 bits per heavy atom. The lowest BCUT2D eigenvalue weighted by Gasteiger charge is -2.24. The van der Waals surface area contributed by atoms with E-state index in [1.54, 1.807) is 0 Å². The first-order valence-corrected chi connectivity index (χ1v) is 6.94. The summed E-state index contributed by atoms with van der Waals surface area (Å²) in [4.78, 5) is 0. The fourth-order valence-corrected chi connectivity index (χ4v) is 2.21. The van der Waals surface area contributed by atoms with Gasteiger partial charge in [-0.25, -0.2) is 0 Å². The molecule has 0 atom stereocenters. The van der Waals surface area contributed by atoms with Gasteiger partial charge < -0.3 is 0 Å². The lowest BCUT2D eigenvalue weighted by molar-refractivity contribution is -0.148. The number of halogens is 9. The Hall–Kier alpha value is -1.78. The van der Waals surface area contributed by atoms with Crippen molar-refractivity contribution in [3.63, 3.8) is 0 Å². The fraction of sp³-hybridized carbons (Fsp3) is 0.333. The molecule has 0 spiro atoms. The van der Waals surface area contributed by atoms with Gasteiger partial charge in [-0.2, -0.15) is 47.9 Å². The molecule has 1 aliphatic rings. The number of nitrogens with one attached hydrogen (secondary N) is 1. The molecular formula is C9H3F9N2O4S. The fourth-order valence-electron chi connectivity index (χ4n) is 1.73. The third kappa shape index (κ3) is 4.07. The first kappa shape index (κ1) is 19.5. The van der Waals surface area contributed by atoms with Crippen LogP contribution in [-0.2, 0) is 37.5 Å². The maximum atomic E-state index is 13.0. The number of hydrogen-bond acceptors (Lipinski definition) is 6. The summed E-state index contributed by atoms with van der Waals surface area (Å²) in [7, 11) is -5.05. The van der Waals surface area contributed by atoms with Gasteiger partial charge in [-0.15, -0.1) is 13.7 Å². The summed E-state index contributed by atoms with van der Waals surface area (Å²) in [5.41, 5.74) is -8.15. The quantitative estimate of drug-likeness (QED) is 0.723. The summed E-state index contributed by atoms with van der Waals surface area (Å²) >= 11 is 0. The van der Waals surface area contributed by atoms with Crippen LogP contribution in [0.25, 0.3) is 0 Å². The molecule has 142 valence electrons. The second kappa shape index (κ2) is 5.61. The smallest absolute Gasteiger partial charge is 0.166 e. The number of benzene rings is 1. The molecule has 6 nitrogen and oxygen atoms in total. The van der Waals surface area contributed by atoms with Crippen molar-refractivity contribution in [3.8, 4) is 0 Å². The summed E-state index contributed by atoms with van der Waals surface area (Å²) in [5, 5.41) is -0.693. The van der Waals surface area contributed by atoms with Gasteiger partial charge in [0.15, 0.2) is 0 Å². The molecule has 1 saturated heterocycles. The third-order valence-electron chi connectivity index (χ3n) is 2.64. The van der Waals surface area contributed by atoms with Crippen molar-refractivity contribution >= 4 is 16.1 Å². The number of rotatable bonds is 1. The van der Waals surface area contributed by atoms with Gasteiger partial charge >= 0.3 is 28.9 Å². The van der Waals surface area contributed by atoms with Crippen LogP contribution >= 0.6 is 0 Å². The van der Waals surface area contributed by atoms with Crippen molar-refractivity contribution in [2.45, 2.75) is 18.5 Å². The minimum absolute atomic E-state index is 0.624. The lowest BCUT2D eigenvalue weighted by atomic mass is 10.0. The Balaban J connectivity index is 2.83. The summed E-state index contributed by atoms with van der Waals surface area (Å²) in [6, 6.07) is -1.25. The standard InChI is InChI=1S/C9H3F9N2O4S/c10-7(11,12)3-1-4(8(13,14)15)6(5(2-3)9(16,17)18)20-19-23-25(21,22)24-20/h1-2,19H. The van der Waals surface area contributed by atoms with Crippen molar-refractivity contribution in [3.05, 3.63) is 28.8 Å². The SMILES string of the molecule is O=S1(=O)ONN(c2c(C(F)(F)F)cc(C(F)(F)F)cc2C(F)(F)F)O1. The zero-order valence-electron chi connectivity index (χ0n) is 11.0. The van der Waals surface area contributed by atoms with Gasteiger partial charge in [0, 0.05) is 0 Å². The first-order valence-electron chi connectivity index (χ1n) is 5.61. The molecule has 0 unspecified atom stereocenters. The Bertz CT molecular complexity index is 749. The van der Waals surface area contributed by atoms with Crippen molar-refractivity contribution in [1.29, 1.82) is 0 Å². The predicted molar refractivity (Wildman–Crippen MR) is 58.2 cm³/mol. The van der Waals surface area contributed by atoms with Gasteiger partial charge in [-0.05, 0) is 12.1 Å². The van der Waals surface area contributed by atoms with Crippen LogP contribution in [0.1, 0.15) is 16.7 Å². The molecule has 16 heteroatoms. The normalized spacial score (nSPS) is 18.7. The number of anilines is 1. The van der Waals surface area contributed by atoms with E-state index in [-0.39, 0.29) is 0 Å². The van der Waals surface area contributed by atoms with E-state index in [9.17, 15) is 47.9 Å². The zero-order valence-corrected chi connectivity index (χ0v) is 11.9. The van der Waals surface area contributed by atoms with E-state index < -0.39 is 68.6 Å². The van der Waals surface area contributed by atoms with E-state index in [2.05, 4.69) is 8.57 Å². The van der Waals surface area contributed by atoms with Crippen LogP contribution in [0.3, 0.4) is 0 Å². The van der Waals surface area contributed by atoms with E-state index in [0.29, 0.717) is 0 Å². The third-order valence-corrected chi connectivity index (χ3v) is 3.25. The van der Waals surface area contributed by atoms with E-state index in [1.165, 1.54) is 0 Å². The van der Waals surface area contributed by atoms with Gasteiger partial charge in [0.25, 0.3) is 0 Å². The Morgan fingerprint density at radius 2 is 1.28 bits per heavy atom. The Morgan fingerprint density at radius 1 is 0.840 bits per heavy atom. The summed E-state index contributed by atoms with van der Waals surface area (Å²) in [5.74, 6) is 0. The second-order valence-corrected chi connectivity index (χ2v) is 5.50. The topological polar surface area (TPSA) is 67.9 Å². The van der Waals surface area contributed by atoms with E-state index in [1.807, 2.05) is 0 Å². The first-order chi connectivity index (χ1) is 11.0. The number of hydrogen-bond donors (Lipinski definition) is 1. The van der Waals surface area contributed by atoms with Crippen LogP contribution in [0.4, 0.5) is 45.2 Å². The van der Waals surface area contributed by atoms with E-state index in [0.717, 1.165) is 5.59 Å². The summed E-state index contributed by atoms with van der Waals surface area (Å²) < 4.78 is 145. The van der Waals surface area contributed by atoms with Crippen LogP contribution in [0.2, 0.25) is 0 Å². The molecule has 0 amide bonds. The summed E-state index contributed by atoms with van der Waals surface area (Å²) in [6.45, 7) is 0. The van der Waals surface area contributed by atoms with E-state index >= 15 is 0 Å². The molecule has 1 heterocycles. The van der Waals surface area contributed by atoms with Gasteiger partial charge in [0.1, 0.15) is 5.69 Å². The lowest BCUT2D eigenvalue weighted by Crippen LogP contribution is -2.33. The largest absolute Gasteiger partial charge is 0.440 e. The molecule has 1 aromatic carbocycles. The van der Waals surface area contributed by atoms with Crippen molar-refractivity contribution < 1.29 is 56.5 Å². The highest BCUT2D eigenvalue weighted by Crippen LogP contribution is 2.47. The molecule has 0 aliphatic carbocycles. The molecule has 0 bridgehead atoms. The maximum absolute atomic E-state index is 13.0. The minimum atomic E-state index is -5.73. The van der Waals surface area contributed by atoms with Crippen LogP contribution in [0, 0.1) is 0 Å². The molecule has 2 rings (SSSR count). The molecule has 1 aliphatic heterocycles. The van der Waals surface area contributed by atoms with Gasteiger partial charge in [-0.3, -0.25) is 0 Å². The average Bonchev–Trinajstić information content (AvgIpc) is 2.74. The van der Waals surface area contributed by atoms with Crippen LogP contribution in [-0.4, -0.2) is 8.42 Å². The second-order valence-electron chi connectivity index (χ2n) is 4.37. The van der Waals surface area contributed by atoms with Gasteiger partial charge in [0.05, 0.1) is 16.7 Å². The molecular weight excluding hydrogens is 403 g/mol. The Labute approximate surface area is 131 Å². The van der Waals surface area contributed by atoms with Crippen LogP contribution in [0.15, 0.2) is 12.1 Å². The van der Waals surface area contributed by atoms with Crippen molar-refractivity contribution in [1.82, 2.24) is 5.59 Å². The maximum Gasteiger partial charge on any atom is 0.440 e. The highest BCUT2D eigenvalue weighted by atomic mass is 32.3. The molecule has 1 aromatic rings. The Kier molecular flexibility index (Phi) is 4.39. The molecule has 0 radical (unpaired) electrons. The van der Waals surface area contributed by atoms with E-state index in [4.69, 9.17) is 0 Å². The van der Waals surface area contributed by atoms with Crippen LogP contribution in [0.5, 0.6) is 0 Å². The van der Waals surface area contributed by atoms with Crippen LogP contribution < -0.4 is 10.8 Å². The molecule has 0 saturated carbocycles. The zero-order chi connectivity index (χ0) is 19.4. The molecule has 25 heavy (non-hydrogen) atoms. The minimum Gasteiger partial charge on any atom is -0.166 e. The highest BCUT2D eigenvalue weighted by molar-refractivity contribution is 7.82. The molecule has 0 aromatic heterocycles. The predicted octanol–water partition coefficient (Wildman–Crippen LogP) is 3.18.